The second kappa shape index (κ2) is 9.38. The van der Waals surface area contributed by atoms with Crippen molar-refractivity contribution in [3.05, 3.63) is 94.8 Å². The molecule has 1 amide bonds. The molecule has 0 aliphatic carbocycles. The number of rotatable bonds is 7. The molecule has 0 radical (unpaired) electrons. The number of nitrogens with zero attached hydrogens (tertiary/aromatic N) is 1. The molecule has 8 heteroatoms. The van der Waals surface area contributed by atoms with Crippen molar-refractivity contribution in [2.45, 2.75) is 18.4 Å². The van der Waals surface area contributed by atoms with Crippen molar-refractivity contribution in [2.75, 3.05) is 11.9 Å². The molecule has 5 nitrogen and oxygen atoms in total. The van der Waals surface area contributed by atoms with Gasteiger partial charge in [0, 0.05) is 17.3 Å². The van der Waals surface area contributed by atoms with Crippen LogP contribution in [0.3, 0.4) is 0 Å². The van der Waals surface area contributed by atoms with E-state index < -0.39 is 28.3 Å². The molecule has 3 rings (SSSR count). The van der Waals surface area contributed by atoms with Crippen LogP contribution in [0.1, 0.15) is 11.1 Å². The van der Waals surface area contributed by atoms with E-state index in [-0.39, 0.29) is 17.1 Å². The summed E-state index contributed by atoms with van der Waals surface area (Å²) in [6.07, 6.45) is 0. The molecule has 0 unspecified atom stereocenters. The lowest BCUT2D eigenvalue weighted by Gasteiger charge is -2.22. The van der Waals surface area contributed by atoms with Gasteiger partial charge in [-0.1, -0.05) is 47.5 Å². The molecule has 0 aromatic heterocycles. The Morgan fingerprint density at radius 3 is 2.40 bits per heavy atom. The Morgan fingerprint density at radius 2 is 1.73 bits per heavy atom. The van der Waals surface area contributed by atoms with Crippen molar-refractivity contribution in [3.63, 3.8) is 0 Å². The van der Waals surface area contributed by atoms with Gasteiger partial charge in [-0.15, -0.1) is 0 Å². The van der Waals surface area contributed by atoms with Gasteiger partial charge in [0.2, 0.25) is 15.9 Å². The lowest BCUT2D eigenvalue weighted by atomic mass is 10.2. The van der Waals surface area contributed by atoms with Crippen molar-refractivity contribution >= 4 is 33.2 Å². The number of hydrogen-bond donors (Lipinski definition) is 1. The highest BCUT2D eigenvalue weighted by Gasteiger charge is 2.27. The van der Waals surface area contributed by atoms with Gasteiger partial charge in [0.05, 0.1) is 11.4 Å². The molecule has 0 bridgehead atoms. The summed E-state index contributed by atoms with van der Waals surface area (Å²) in [7, 11) is -3.97. The summed E-state index contributed by atoms with van der Waals surface area (Å²) in [6, 6.07) is 18.5. The molecule has 0 saturated heterocycles. The van der Waals surface area contributed by atoms with Crippen LogP contribution in [0.5, 0.6) is 0 Å². The summed E-state index contributed by atoms with van der Waals surface area (Å²) in [5.74, 6) is -1.09. The number of carbonyl (C=O) groups is 1. The van der Waals surface area contributed by atoms with Crippen LogP contribution in [0.4, 0.5) is 10.1 Å². The van der Waals surface area contributed by atoms with E-state index in [2.05, 4.69) is 5.32 Å². The standard InChI is InChI=1S/C22H20ClFN2O3S/c1-16-8-10-21(11-9-16)30(28,29)26(14-17-4-2-5-18(23)12-17)15-22(27)25-20-7-3-6-19(24)13-20/h2-13H,14-15H2,1H3,(H,25,27). The minimum absolute atomic E-state index is 0.0483. The van der Waals surface area contributed by atoms with Crippen LogP contribution in [0.15, 0.2) is 77.7 Å². The highest BCUT2D eigenvalue weighted by Crippen LogP contribution is 2.21. The molecule has 0 aliphatic rings. The van der Waals surface area contributed by atoms with Crippen molar-refractivity contribution in [1.82, 2.24) is 4.31 Å². The lowest BCUT2D eigenvalue weighted by molar-refractivity contribution is -0.116. The molecule has 0 spiro atoms. The maximum Gasteiger partial charge on any atom is 0.243 e. The number of sulfonamides is 1. The van der Waals surface area contributed by atoms with Gasteiger partial charge in [-0.05, 0) is 55.0 Å². The summed E-state index contributed by atoms with van der Waals surface area (Å²) >= 11 is 6.02. The van der Waals surface area contributed by atoms with Gasteiger partial charge in [0.15, 0.2) is 0 Å². The Kier molecular flexibility index (Phi) is 6.87. The van der Waals surface area contributed by atoms with Crippen LogP contribution in [-0.2, 0) is 21.4 Å². The molecule has 0 aliphatic heterocycles. The second-order valence-corrected chi connectivity index (χ2v) is 9.15. The number of anilines is 1. The van der Waals surface area contributed by atoms with Gasteiger partial charge in [-0.25, -0.2) is 12.8 Å². The largest absolute Gasteiger partial charge is 0.325 e. The predicted molar refractivity (Wildman–Crippen MR) is 115 cm³/mol. The first kappa shape index (κ1) is 22.0. The highest BCUT2D eigenvalue weighted by atomic mass is 35.5. The maximum absolute atomic E-state index is 13.4. The molecule has 1 N–H and O–H groups in total. The van der Waals surface area contributed by atoms with Crippen LogP contribution in [0, 0.1) is 12.7 Å². The van der Waals surface area contributed by atoms with Crippen LogP contribution in [0.25, 0.3) is 0 Å². The van der Waals surface area contributed by atoms with Crippen LogP contribution in [-0.4, -0.2) is 25.2 Å². The molecule has 0 fully saturated rings. The molecule has 3 aromatic carbocycles. The number of halogens is 2. The number of amides is 1. The minimum atomic E-state index is -3.97. The molecule has 0 saturated carbocycles. The fourth-order valence-electron chi connectivity index (χ4n) is 2.85. The first-order valence-electron chi connectivity index (χ1n) is 9.11. The van der Waals surface area contributed by atoms with E-state index in [1.165, 1.54) is 30.3 Å². The third kappa shape index (κ3) is 5.66. The van der Waals surface area contributed by atoms with Crippen LogP contribution in [0.2, 0.25) is 5.02 Å². The number of hydrogen-bond acceptors (Lipinski definition) is 3. The Balaban J connectivity index is 1.88. The second-order valence-electron chi connectivity index (χ2n) is 6.77. The van der Waals surface area contributed by atoms with Crippen molar-refractivity contribution in [1.29, 1.82) is 0 Å². The summed E-state index contributed by atoms with van der Waals surface area (Å²) in [5.41, 5.74) is 1.80. The van der Waals surface area contributed by atoms with E-state index in [4.69, 9.17) is 11.6 Å². The third-order valence-electron chi connectivity index (χ3n) is 4.34. The van der Waals surface area contributed by atoms with E-state index in [1.807, 2.05) is 6.92 Å². The number of benzene rings is 3. The molecule has 0 heterocycles. The molecular weight excluding hydrogens is 427 g/mol. The highest BCUT2D eigenvalue weighted by molar-refractivity contribution is 7.89. The number of nitrogens with one attached hydrogen (secondary N) is 1. The zero-order valence-corrected chi connectivity index (χ0v) is 17.8. The van der Waals surface area contributed by atoms with E-state index in [1.54, 1.807) is 36.4 Å². The van der Waals surface area contributed by atoms with E-state index in [9.17, 15) is 17.6 Å². The smallest absolute Gasteiger partial charge is 0.243 e. The van der Waals surface area contributed by atoms with Crippen molar-refractivity contribution in [2.24, 2.45) is 0 Å². The van der Waals surface area contributed by atoms with Gasteiger partial charge in [0.1, 0.15) is 5.82 Å². The van der Waals surface area contributed by atoms with Gasteiger partial charge >= 0.3 is 0 Å². The first-order chi connectivity index (χ1) is 14.2. The maximum atomic E-state index is 13.4. The fraction of sp³-hybridized carbons (Fsp3) is 0.136. The van der Waals surface area contributed by atoms with Crippen LogP contribution >= 0.6 is 11.6 Å². The van der Waals surface area contributed by atoms with Crippen molar-refractivity contribution in [3.8, 4) is 0 Å². The topological polar surface area (TPSA) is 66.5 Å². The first-order valence-corrected chi connectivity index (χ1v) is 10.9. The Labute approximate surface area is 180 Å². The molecule has 156 valence electrons. The van der Waals surface area contributed by atoms with E-state index in [0.717, 1.165) is 15.9 Å². The van der Waals surface area contributed by atoms with Gasteiger partial charge in [0.25, 0.3) is 0 Å². The minimum Gasteiger partial charge on any atom is -0.325 e. The Bertz CT molecular complexity index is 1150. The predicted octanol–water partition coefficient (Wildman–Crippen LogP) is 4.62. The van der Waals surface area contributed by atoms with Gasteiger partial charge in [-0.3, -0.25) is 4.79 Å². The molecule has 30 heavy (non-hydrogen) atoms. The Hall–Kier alpha value is -2.74. The quantitative estimate of drug-likeness (QED) is 0.576. The summed E-state index contributed by atoms with van der Waals surface area (Å²) < 4.78 is 40.9. The fourth-order valence-corrected chi connectivity index (χ4v) is 4.45. The van der Waals surface area contributed by atoms with Crippen LogP contribution < -0.4 is 5.32 Å². The normalized spacial score (nSPS) is 11.5. The average molecular weight is 447 g/mol. The molecular formula is C22H20ClFN2O3S. The van der Waals surface area contributed by atoms with E-state index in [0.29, 0.717) is 10.6 Å². The number of carbonyl (C=O) groups excluding carboxylic acids is 1. The number of aryl methyl sites for hydroxylation is 1. The lowest BCUT2D eigenvalue weighted by Crippen LogP contribution is -2.37. The third-order valence-corrected chi connectivity index (χ3v) is 6.38. The molecule has 3 aromatic rings. The summed E-state index contributed by atoms with van der Waals surface area (Å²) in [4.78, 5) is 12.6. The summed E-state index contributed by atoms with van der Waals surface area (Å²) in [6.45, 7) is 1.36. The summed E-state index contributed by atoms with van der Waals surface area (Å²) in [5, 5.41) is 2.99. The SMILES string of the molecule is Cc1ccc(S(=O)(=O)N(CC(=O)Nc2cccc(F)c2)Cc2cccc(Cl)c2)cc1. The van der Waals surface area contributed by atoms with Gasteiger partial charge < -0.3 is 5.32 Å². The van der Waals surface area contributed by atoms with Crippen molar-refractivity contribution < 1.29 is 17.6 Å². The zero-order chi connectivity index (χ0) is 21.7. The van der Waals surface area contributed by atoms with Gasteiger partial charge in [-0.2, -0.15) is 4.31 Å². The van der Waals surface area contributed by atoms with E-state index >= 15 is 0 Å². The Morgan fingerprint density at radius 1 is 1.03 bits per heavy atom. The monoisotopic (exact) mass is 446 g/mol. The zero-order valence-electron chi connectivity index (χ0n) is 16.2. The molecule has 0 atom stereocenters. The average Bonchev–Trinajstić information content (AvgIpc) is 2.68.